The van der Waals surface area contributed by atoms with E-state index in [9.17, 15) is 13.2 Å². The first-order valence-electron chi connectivity index (χ1n) is 8.54. The number of alkyl halides is 3. The molecule has 2 aromatic carbocycles. The molecular formula is C20H19F3N2OS. The zero-order valence-electron chi connectivity index (χ0n) is 14.9. The summed E-state index contributed by atoms with van der Waals surface area (Å²) >= 11 is 1.33. The van der Waals surface area contributed by atoms with Crippen molar-refractivity contribution in [2.45, 2.75) is 42.8 Å². The van der Waals surface area contributed by atoms with Gasteiger partial charge in [0.2, 0.25) is 5.89 Å². The summed E-state index contributed by atoms with van der Waals surface area (Å²) in [5.41, 5.74) is 1.31. The zero-order valence-corrected chi connectivity index (χ0v) is 15.7. The zero-order chi connectivity index (χ0) is 19.4. The molecule has 142 valence electrons. The van der Waals surface area contributed by atoms with Crippen LogP contribution in [0.3, 0.4) is 0 Å². The quantitative estimate of drug-likeness (QED) is 0.462. The average Bonchev–Trinajstić information content (AvgIpc) is 3.08. The van der Waals surface area contributed by atoms with Crippen molar-refractivity contribution in [1.29, 1.82) is 0 Å². The van der Waals surface area contributed by atoms with Crippen LogP contribution in [0.4, 0.5) is 13.2 Å². The highest BCUT2D eigenvalue weighted by Crippen LogP contribution is 2.36. The lowest BCUT2D eigenvalue weighted by molar-refractivity contribution is -0.137. The number of aromatic nitrogens is 2. The van der Waals surface area contributed by atoms with Gasteiger partial charge in [-0.05, 0) is 36.1 Å². The van der Waals surface area contributed by atoms with Crippen molar-refractivity contribution in [1.82, 2.24) is 10.2 Å². The van der Waals surface area contributed by atoms with E-state index in [0.717, 1.165) is 17.7 Å². The highest BCUT2D eigenvalue weighted by atomic mass is 32.2. The second-order valence-electron chi connectivity index (χ2n) is 6.36. The fourth-order valence-corrected chi connectivity index (χ4v) is 3.52. The molecular weight excluding hydrogens is 373 g/mol. The van der Waals surface area contributed by atoms with Crippen LogP contribution in [0, 0.1) is 0 Å². The Hall–Kier alpha value is -2.28. The molecule has 0 N–H and O–H groups in total. The van der Waals surface area contributed by atoms with E-state index in [0.29, 0.717) is 17.5 Å². The Morgan fingerprint density at radius 3 is 2.22 bits per heavy atom. The minimum Gasteiger partial charge on any atom is -0.416 e. The molecule has 3 aromatic rings. The molecule has 0 amide bonds. The molecule has 0 radical (unpaired) electrons. The summed E-state index contributed by atoms with van der Waals surface area (Å²) in [6.07, 6.45) is -3.70. The molecule has 0 spiro atoms. The lowest BCUT2D eigenvalue weighted by Crippen LogP contribution is -2.04. The van der Waals surface area contributed by atoms with Crippen LogP contribution in [0.2, 0.25) is 0 Å². The van der Waals surface area contributed by atoms with Gasteiger partial charge in [0, 0.05) is 11.7 Å². The molecule has 0 aliphatic carbocycles. The second kappa shape index (κ2) is 8.17. The van der Waals surface area contributed by atoms with E-state index in [4.69, 9.17) is 4.42 Å². The Morgan fingerprint density at radius 2 is 1.59 bits per heavy atom. The van der Waals surface area contributed by atoms with Crippen LogP contribution in [-0.4, -0.2) is 10.2 Å². The van der Waals surface area contributed by atoms with Crippen molar-refractivity contribution >= 4 is 11.8 Å². The average molecular weight is 392 g/mol. The second-order valence-corrected chi connectivity index (χ2v) is 7.65. The molecule has 0 aliphatic heterocycles. The van der Waals surface area contributed by atoms with Crippen molar-refractivity contribution < 1.29 is 17.6 Å². The monoisotopic (exact) mass is 392 g/mol. The molecule has 0 fully saturated rings. The fourth-order valence-electron chi connectivity index (χ4n) is 2.69. The molecule has 1 aromatic heterocycles. The molecule has 3 rings (SSSR count). The smallest absolute Gasteiger partial charge is 0.416 e. The van der Waals surface area contributed by atoms with Gasteiger partial charge in [-0.15, -0.1) is 10.2 Å². The summed E-state index contributed by atoms with van der Waals surface area (Å²) in [4.78, 5) is 0. The van der Waals surface area contributed by atoms with Crippen LogP contribution >= 0.6 is 11.8 Å². The molecule has 0 saturated carbocycles. The van der Waals surface area contributed by atoms with Gasteiger partial charge < -0.3 is 4.42 Å². The molecule has 27 heavy (non-hydrogen) atoms. The SMILES string of the molecule is CC(Cc1nnc(SC(C)c2ccc(C(F)(F)F)cc2)o1)c1ccccc1. The minimum absolute atomic E-state index is 0.105. The normalized spacial score (nSPS) is 14.1. The van der Waals surface area contributed by atoms with E-state index in [1.807, 2.05) is 25.1 Å². The number of hydrogen-bond acceptors (Lipinski definition) is 4. The lowest BCUT2D eigenvalue weighted by atomic mass is 9.98. The Bertz CT molecular complexity index is 863. The third-order valence-electron chi connectivity index (χ3n) is 4.28. The topological polar surface area (TPSA) is 38.9 Å². The van der Waals surface area contributed by atoms with Gasteiger partial charge in [0.15, 0.2) is 0 Å². The largest absolute Gasteiger partial charge is 0.416 e. The van der Waals surface area contributed by atoms with E-state index in [1.54, 1.807) is 0 Å². The molecule has 7 heteroatoms. The number of thioether (sulfide) groups is 1. The highest BCUT2D eigenvalue weighted by molar-refractivity contribution is 7.99. The van der Waals surface area contributed by atoms with Gasteiger partial charge in [0.1, 0.15) is 0 Å². The van der Waals surface area contributed by atoms with Crippen LogP contribution < -0.4 is 0 Å². The molecule has 0 aliphatic rings. The van der Waals surface area contributed by atoms with Crippen LogP contribution in [-0.2, 0) is 12.6 Å². The Morgan fingerprint density at radius 1 is 0.926 bits per heavy atom. The summed E-state index contributed by atoms with van der Waals surface area (Å²) in [5.74, 6) is 0.797. The minimum atomic E-state index is -4.33. The number of halogens is 3. The summed E-state index contributed by atoms with van der Waals surface area (Å²) in [5, 5.41) is 8.45. The Balaban J connectivity index is 1.61. The van der Waals surface area contributed by atoms with E-state index >= 15 is 0 Å². The molecule has 2 unspecified atom stereocenters. The van der Waals surface area contributed by atoms with Crippen LogP contribution in [0.15, 0.2) is 64.2 Å². The first kappa shape index (κ1) is 19.5. The van der Waals surface area contributed by atoms with E-state index in [1.165, 1.54) is 29.5 Å². The maximum atomic E-state index is 12.7. The highest BCUT2D eigenvalue weighted by Gasteiger charge is 2.30. The maximum Gasteiger partial charge on any atom is 0.416 e. The van der Waals surface area contributed by atoms with Gasteiger partial charge in [-0.2, -0.15) is 13.2 Å². The van der Waals surface area contributed by atoms with Gasteiger partial charge in [-0.25, -0.2) is 0 Å². The van der Waals surface area contributed by atoms with Crippen molar-refractivity contribution in [3.8, 4) is 0 Å². The third-order valence-corrected chi connectivity index (χ3v) is 5.28. The van der Waals surface area contributed by atoms with Crippen molar-refractivity contribution in [3.63, 3.8) is 0 Å². The molecule has 1 heterocycles. The van der Waals surface area contributed by atoms with Crippen molar-refractivity contribution in [3.05, 3.63) is 77.2 Å². The van der Waals surface area contributed by atoms with Crippen molar-refractivity contribution in [2.24, 2.45) is 0 Å². The van der Waals surface area contributed by atoms with Crippen LogP contribution in [0.5, 0.6) is 0 Å². The molecule has 3 nitrogen and oxygen atoms in total. The van der Waals surface area contributed by atoms with E-state index < -0.39 is 11.7 Å². The van der Waals surface area contributed by atoms with Crippen LogP contribution in [0.25, 0.3) is 0 Å². The predicted molar refractivity (Wildman–Crippen MR) is 98.6 cm³/mol. The summed E-state index contributed by atoms with van der Waals surface area (Å²) < 4.78 is 43.7. The van der Waals surface area contributed by atoms with Gasteiger partial charge in [-0.1, -0.05) is 61.2 Å². The molecule has 0 bridgehead atoms. The molecule has 2 atom stereocenters. The summed E-state index contributed by atoms with van der Waals surface area (Å²) in [7, 11) is 0. The standard InChI is InChI=1S/C20H19F3N2OS/c1-13(15-6-4-3-5-7-15)12-18-24-25-19(26-18)27-14(2)16-8-10-17(11-9-16)20(21,22)23/h3-11,13-14H,12H2,1-2H3. The Kier molecular flexibility index (Phi) is 5.89. The number of nitrogens with zero attached hydrogens (tertiary/aromatic N) is 2. The van der Waals surface area contributed by atoms with Crippen LogP contribution in [0.1, 0.15) is 47.6 Å². The summed E-state index contributed by atoms with van der Waals surface area (Å²) in [6, 6.07) is 15.2. The lowest BCUT2D eigenvalue weighted by Gasteiger charge is -2.11. The summed E-state index contributed by atoms with van der Waals surface area (Å²) in [6.45, 7) is 3.99. The first-order chi connectivity index (χ1) is 12.8. The van der Waals surface area contributed by atoms with Gasteiger partial charge in [0.25, 0.3) is 5.22 Å². The van der Waals surface area contributed by atoms with E-state index in [2.05, 4.69) is 29.3 Å². The number of benzene rings is 2. The number of hydrogen-bond donors (Lipinski definition) is 0. The Labute approximate surface area is 160 Å². The van der Waals surface area contributed by atoms with E-state index in [-0.39, 0.29) is 11.2 Å². The predicted octanol–water partition coefficient (Wildman–Crippen LogP) is 6.29. The van der Waals surface area contributed by atoms with Crippen molar-refractivity contribution in [2.75, 3.05) is 0 Å². The van der Waals surface area contributed by atoms with Gasteiger partial charge in [-0.3, -0.25) is 0 Å². The molecule has 0 saturated heterocycles. The number of rotatable bonds is 6. The first-order valence-corrected chi connectivity index (χ1v) is 9.42. The maximum absolute atomic E-state index is 12.7. The fraction of sp³-hybridized carbons (Fsp3) is 0.300. The van der Waals surface area contributed by atoms with Gasteiger partial charge in [0.05, 0.1) is 5.56 Å². The third kappa shape index (κ3) is 5.13. The van der Waals surface area contributed by atoms with Gasteiger partial charge >= 0.3 is 6.18 Å².